The van der Waals surface area contributed by atoms with Crippen LogP contribution < -0.4 is 0 Å². The van der Waals surface area contributed by atoms with Crippen molar-refractivity contribution >= 4 is 27.5 Å². The van der Waals surface area contributed by atoms with Crippen molar-refractivity contribution < 1.29 is 0 Å². The lowest BCUT2D eigenvalue weighted by Crippen LogP contribution is -1.92. The van der Waals surface area contributed by atoms with Crippen LogP contribution in [-0.4, -0.2) is 9.97 Å². The maximum atomic E-state index is 5.69. The molecule has 1 aromatic heterocycles. The average Bonchev–Trinajstić information content (AvgIpc) is 1.94. The van der Waals surface area contributed by atoms with Gasteiger partial charge in [0.15, 0.2) is 5.15 Å². The van der Waals surface area contributed by atoms with Gasteiger partial charge in [-0.1, -0.05) is 27.5 Å². The minimum absolute atomic E-state index is 0.475. The molecule has 54 valence electrons. The van der Waals surface area contributed by atoms with Crippen molar-refractivity contribution in [3.63, 3.8) is 0 Å². The molecule has 4 heteroatoms. The third kappa shape index (κ3) is 1.67. The summed E-state index contributed by atoms with van der Waals surface area (Å²) in [4.78, 5) is 8.07. The predicted octanol–water partition coefficient (Wildman–Crippen LogP) is 2.33. The molecule has 2 nitrogen and oxygen atoms in total. The molecule has 1 rings (SSSR count). The van der Waals surface area contributed by atoms with Gasteiger partial charge in [0.25, 0.3) is 0 Å². The molecule has 10 heavy (non-hydrogen) atoms. The highest BCUT2D eigenvalue weighted by Gasteiger charge is 1.99. The fraction of sp³-hybridized carbons (Fsp3) is 0.333. The first kappa shape index (κ1) is 7.95. The van der Waals surface area contributed by atoms with Crippen LogP contribution in [0.1, 0.15) is 11.4 Å². The van der Waals surface area contributed by atoms with Crippen LogP contribution in [0.15, 0.2) is 6.20 Å². The number of alkyl halides is 1. The molecule has 1 aromatic rings. The molecule has 0 spiro atoms. The van der Waals surface area contributed by atoms with Crippen LogP contribution in [-0.2, 0) is 5.33 Å². The number of aryl methyl sites for hydroxylation is 1. The predicted molar refractivity (Wildman–Crippen MR) is 44.4 cm³/mol. The lowest BCUT2D eigenvalue weighted by Gasteiger charge is -1.97. The van der Waals surface area contributed by atoms with Crippen molar-refractivity contribution in [2.24, 2.45) is 0 Å². The van der Waals surface area contributed by atoms with Gasteiger partial charge in [0.2, 0.25) is 0 Å². The Morgan fingerprint density at radius 2 is 2.40 bits per heavy atom. The molecule has 0 saturated heterocycles. The summed E-state index contributed by atoms with van der Waals surface area (Å²) in [5.74, 6) is 0. The van der Waals surface area contributed by atoms with E-state index in [4.69, 9.17) is 11.6 Å². The Bertz CT molecular complexity index is 239. The summed E-state index contributed by atoms with van der Waals surface area (Å²) in [5.41, 5.74) is 1.68. The summed E-state index contributed by atoms with van der Waals surface area (Å²) in [6.07, 6.45) is 1.65. The minimum atomic E-state index is 0.475. The van der Waals surface area contributed by atoms with Gasteiger partial charge in [-0.2, -0.15) is 0 Å². The first-order chi connectivity index (χ1) is 4.74. The van der Waals surface area contributed by atoms with E-state index in [1.807, 2.05) is 6.92 Å². The summed E-state index contributed by atoms with van der Waals surface area (Å²) in [7, 11) is 0. The topological polar surface area (TPSA) is 25.8 Å². The van der Waals surface area contributed by atoms with Gasteiger partial charge in [0, 0.05) is 11.5 Å². The van der Waals surface area contributed by atoms with Crippen LogP contribution in [0.5, 0.6) is 0 Å². The van der Waals surface area contributed by atoms with Crippen molar-refractivity contribution in [2.75, 3.05) is 0 Å². The van der Waals surface area contributed by atoms with Crippen molar-refractivity contribution in [3.8, 4) is 0 Å². The highest BCUT2D eigenvalue weighted by Crippen LogP contribution is 2.12. The normalized spacial score (nSPS) is 9.90. The molecule has 0 bridgehead atoms. The van der Waals surface area contributed by atoms with Gasteiger partial charge in [0.05, 0.1) is 11.4 Å². The summed E-state index contributed by atoms with van der Waals surface area (Å²) >= 11 is 8.95. The van der Waals surface area contributed by atoms with Gasteiger partial charge < -0.3 is 0 Å². The number of halogens is 2. The van der Waals surface area contributed by atoms with Crippen molar-refractivity contribution in [3.05, 3.63) is 22.7 Å². The van der Waals surface area contributed by atoms with E-state index in [9.17, 15) is 0 Å². The second-order valence-corrected chi connectivity index (χ2v) is 2.80. The van der Waals surface area contributed by atoms with Gasteiger partial charge in [-0.3, -0.25) is 4.98 Å². The van der Waals surface area contributed by atoms with E-state index < -0.39 is 0 Å². The van der Waals surface area contributed by atoms with Gasteiger partial charge in [0.1, 0.15) is 0 Å². The van der Waals surface area contributed by atoms with Gasteiger partial charge in [-0.15, -0.1) is 0 Å². The number of nitrogens with zero attached hydrogens (tertiary/aromatic N) is 2. The second kappa shape index (κ2) is 3.30. The molecule has 1 heterocycles. The van der Waals surface area contributed by atoms with Crippen LogP contribution in [0.25, 0.3) is 0 Å². The van der Waals surface area contributed by atoms with Crippen molar-refractivity contribution in [1.82, 2.24) is 9.97 Å². The van der Waals surface area contributed by atoms with Crippen LogP contribution in [0.3, 0.4) is 0 Å². The molecule has 0 amide bonds. The third-order valence-corrected chi connectivity index (χ3v) is 1.89. The largest absolute Gasteiger partial charge is 0.252 e. The van der Waals surface area contributed by atoms with E-state index in [1.165, 1.54) is 0 Å². The van der Waals surface area contributed by atoms with E-state index in [0.29, 0.717) is 10.5 Å². The molecule has 0 aliphatic heterocycles. The molecule has 0 N–H and O–H groups in total. The Morgan fingerprint density at radius 3 is 2.90 bits per heavy atom. The van der Waals surface area contributed by atoms with Crippen LogP contribution in [0.2, 0.25) is 5.15 Å². The fourth-order valence-electron chi connectivity index (χ4n) is 0.597. The van der Waals surface area contributed by atoms with E-state index >= 15 is 0 Å². The number of hydrogen-bond acceptors (Lipinski definition) is 2. The highest BCUT2D eigenvalue weighted by molar-refractivity contribution is 9.08. The maximum absolute atomic E-state index is 5.69. The molecule has 0 aliphatic rings. The average molecular weight is 221 g/mol. The Kier molecular flexibility index (Phi) is 2.63. The van der Waals surface area contributed by atoms with Crippen molar-refractivity contribution in [1.29, 1.82) is 0 Å². The molecule has 0 saturated carbocycles. The zero-order valence-corrected chi connectivity index (χ0v) is 7.78. The Morgan fingerprint density at radius 1 is 1.70 bits per heavy atom. The van der Waals surface area contributed by atoms with Crippen LogP contribution in [0, 0.1) is 6.92 Å². The van der Waals surface area contributed by atoms with E-state index in [2.05, 4.69) is 25.9 Å². The molecule has 0 fully saturated rings. The number of rotatable bonds is 1. The quantitative estimate of drug-likeness (QED) is 0.680. The monoisotopic (exact) mass is 220 g/mol. The van der Waals surface area contributed by atoms with Crippen LogP contribution in [0.4, 0.5) is 0 Å². The fourth-order valence-corrected chi connectivity index (χ4v) is 1.31. The smallest absolute Gasteiger partial charge is 0.151 e. The Balaban J connectivity index is 3.09. The Labute approximate surface area is 72.8 Å². The molecular formula is C6H6BrClN2. The zero-order chi connectivity index (χ0) is 7.56. The highest BCUT2D eigenvalue weighted by atomic mass is 79.9. The first-order valence-electron chi connectivity index (χ1n) is 2.78. The van der Waals surface area contributed by atoms with E-state index in [0.717, 1.165) is 11.4 Å². The zero-order valence-electron chi connectivity index (χ0n) is 5.43. The SMILES string of the molecule is Cc1cnc(Cl)c(CBr)n1. The van der Waals surface area contributed by atoms with Crippen LogP contribution >= 0.6 is 27.5 Å². The maximum Gasteiger partial charge on any atom is 0.151 e. The first-order valence-corrected chi connectivity index (χ1v) is 4.28. The third-order valence-electron chi connectivity index (χ3n) is 1.04. The summed E-state index contributed by atoms with van der Waals surface area (Å²) in [6.45, 7) is 1.88. The van der Waals surface area contributed by atoms with E-state index in [-0.39, 0.29) is 0 Å². The van der Waals surface area contributed by atoms with Crippen molar-refractivity contribution in [2.45, 2.75) is 12.3 Å². The summed E-state index contributed by atoms with van der Waals surface area (Å²) in [6, 6.07) is 0. The Hall–Kier alpha value is -0.150. The van der Waals surface area contributed by atoms with E-state index in [1.54, 1.807) is 6.20 Å². The van der Waals surface area contributed by atoms with Gasteiger partial charge in [-0.25, -0.2) is 4.98 Å². The molecule has 0 unspecified atom stereocenters. The minimum Gasteiger partial charge on any atom is -0.252 e. The lowest BCUT2D eigenvalue weighted by atomic mass is 10.4. The number of aromatic nitrogens is 2. The van der Waals surface area contributed by atoms with Gasteiger partial charge >= 0.3 is 0 Å². The summed E-state index contributed by atoms with van der Waals surface area (Å²) in [5, 5.41) is 1.13. The lowest BCUT2D eigenvalue weighted by molar-refractivity contribution is 1.05. The number of hydrogen-bond donors (Lipinski definition) is 0. The second-order valence-electron chi connectivity index (χ2n) is 1.88. The standard InChI is InChI=1S/C6H6BrClN2/c1-4-3-9-6(8)5(2-7)10-4/h3H,2H2,1H3. The molecular weight excluding hydrogens is 215 g/mol. The summed E-state index contributed by atoms with van der Waals surface area (Å²) < 4.78 is 0. The molecule has 0 aromatic carbocycles. The van der Waals surface area contributed by atoms with Gasteiger partial charge in [-0.05, 0) is 6.92 Å². The molecule has 0 radical (unpaired) electrons. The molecule has 0 aliphatic carbocycles. The molecule has 0 atom stereocenters.